The summed E-state index contributed by atoms with van der Waals surface area (Å²) in [7, 11) is 0. The first-order valence-electron chi connectivity index (χ1n) is 9.20. The van der Waals surface area contributed by atoms with Crippen LogP contribution >= 0.6 is 11.6 Å². The lowest BCUT2D eigenvalue weighted by Crippen LogP contribution is -2.52. The Morgan fingerprint density at radius 2 is 1.74 bits per heavy atom. The van der Waals surface area contributed by atoms with Crippen molar-refractivity contribution in [3.63, 3.8) is 0 Å². The summed E-state index contributed by atoms with van der Waals surface area (Å²) in [6.07, 6.45) is -0.0976. The molecular formula is C19H24ClN3O4. The largest absolute Gasteiger partial charge is 0.450 e. The molecule has 2 heterocycles. The van der Waals surface area contributed by atoms with Crippen molar-refractivity contribution < 1.29 is 19.1 Å². The molecule has 27 heavy (non-hydrogen) atoms. The van der Waals surface area contributed by atoms with Crippen LogP contribution in [0.25, 0.3) is 0 Å². The van der Waals surface area contributed by atoms with Gasteiger partial charge in [0.25, 0.3) is 0 Å². The van der Waals surface area contributed by atoms with Gasteiger partial charge in [-0.3, -0.25) is 9.59 Å². The molecule has 7 nitrogen and oxygen atoms in total. The van der Waals surface area contributed by atoms with Gasteiger partial charge in [0.05, 0.1) is 12.5 Å². The predicted octanol–water partition coefficient (Wildman–Crippen LogP) is 1.99. The Morgan fingerprint density at radius 1 is 1.11 bits per heavy atom. The van der Waals surface area contributed by atoms with E-state index in [0.29, 0.717) is 50.9 Å². The minimum atomic E-state index is -0.338. The zero-order valence-corrected chi connectivity index (χ0v) is 16.2. The Morgan fingerprint density at radius 3 is 2.37 bits per heavy atom. The lowest BCUT2D eigenvalue weighted by molar-refractivity contribution is -0.137. The maximum Gasteiger partial charge on any atom is 0.409 e. The minimum absolute atomic E-state index is 0.00606. The molecule has 0 saturated carbocycles. The van der Waals surface area contributed by atoms with Crippen molar-refractivity contribution in [2.75, 3.05) is 39.3 Å². The molecule has 2 aliphatic rings. The highest BCUT2D eigenvalue weighted by atomic mass is 35.5. The Balaban J connectivity index is 1.52. The summed E-state index contributed by atoms with van der Waals surface area (Å²) in [5.74, 6) is -0.335. The monoisotopic (exact) mass is 393 g/mol. The number of nitrogens with zero attached hydrogens (tertiary/aromatic N) is 3. The second kappa shape index (κ2) is 8.61. The number of halogens is 1. The van der Waals surface area contributed by atoms with Crippen LogP contribution in [0.5, 0.6) is 0 Å². The van der Waals surface area contributed by atoms with Crippen molar-refractivity contribution in [3.05, 3.63) is 34.9 Å². The van der Waals surface area contributed by atoms with Crippen LogP contribution in [0.1, 0.15) is 18.9 Å². The first kappa shape index (κ1) is 19.5. The van der Waals surface area contributed by atoms with E-state index in [-0.39, 0.29) is 30.2 Å². The van der Waals surface area contributed by atoms with Gasteiger partial charge in [-0.05, 0) is 24.6 Å². The fourth-order valence-corrected chi connectivity index (χ4v) is 3.61. The first-order valence-corrected chi connectivity index (χ1v) is 9.58. The van der Waals surface area contributed by atoms with E-state index in [1.54, 1.807) is 33.8 Å². The molecule has 0 spiro atoms. The summed E-state index contributed by atoms with van der Waals surface area (Å²) < 4.78 is 4.99. The third-order valence-electron chi connectivity index (χ3n) is 4.97. The van der Waals surface area contributed by atoms with Crippen LogP contribution in [0.3, 0.4) is 0 Å². The highest BCUT2D eigenvalue weighted by Gasteiger charge is 2.37. The lowest BCUT2D eigenvalue weighted by atomic mass is 10.1. The summed E-state index contributed by atoms with van der Waals surface area (Å²) in [5.41, 5.74) is 0.990. The lowest BCUT2D eigenvalue weighted by Gasteiger charge is -2.35. The second-order valence-electron chi connectivity index (χ2n) is 6.81. The molecular weight excluding hydrogens is 370 g/mol. The smallest absolute Gasteiger partial charge is 0.409 e. The van der Waals surface area contributed by atoms with Crippen LogP contribution in [0.4, 0.5) is 4.79 Å². The number of carbonyl (C=O) groups is 3. The Bertz CT molecular complexity index is 701. The molecule has 2 fully saturated rings. The Kier molecular flexibility index (Phi) is 6.21. The van der Waals surface area contributed by atoms with E-state index in [4.69, 9.17) is 16.3 Å². The summed E-state index contributed by atoms with van der Waals surface area (Å²) in [6, 6.07) is 7.37. The minimum Gasteiger partial charge on any atom is -0.450 e. The van der Waals surface area contributed by atoms with Gasteiger partial charge in [0, 0.05) is 50.7 Å². The molecule has 0 radical (unpaired) electrons. The molecule has 0 bridgehead atoms. The summed E-state index contributed by atoms with van der Waals surface area (Å²) in [6.45, 7) is 4.88. The van der Waals surface area contributed by atoms with E-state index in [9.17, 15) is 14.4 Å². The number of benzene rings is 1. The highest BCUT2D eigenvalue weighted by molar-refractivity contribution is 6.30. The second-order valence-corrected chi connectivity index (χ2v) is 7.25. The van der Waals surface area contributed by atoms with Crippen LogP contribution < -0.4 is 0 Å². The predicted molar refractivity (Wildman–Crippen MR) is 100 cm³/mol. The fraction of sp³-hybridized carbons (Fsp3) is 0.526. The van der Waals surface area contributed by atoms with Gasteiger partial charge in [-0.2, -0.15) is 0 Å². The molecule has 1 aromatic rings. The Hall–Kier alpha value is -2.28. The van der Waals surface area contributed by atoms with Crippen molar-refractivity contribution >= 4 is 29.5 Å². The van der Waals surface area contributed by atoms with E-state index >= 15 is 0 Å². The van der Waals surface area contributed by atoms with Gasteiger partial charge in [0.1, 0.15) is 0 Å². The van der Waals surface area contributed by atoms with Gasteiger partial charge in [0.2, 0.25) is 11.8 Å². The number of hydrogen-bond donors (Lipinski definition) is 0. The quantitative estimate of drug-likeness (QED) is 0.784. The summed E-state index contributed by atoms with van der Waals surface area (Å²) >= 11 is 5.89. The molecule has 0 N–H and O–H groups in total. The van der Waals surface area contributed by atoms with Crippen LogP contribution in [0.2, 0.25) is 5.02 Å². The molecule has 0 aliphatic carbocycles. The zero-order chi connectivity index (χ0) is 19.4. The fourth-order valence-electron chi connectivity index (χ4n) is 3.48. The van der Waals surface area contributed by atoms with Gasteiger partial charge in [-0.15, -0.1) is 0 Å². The maximum absolute atomic E-state index is 12.8. The molecule has 0 aromatic heterocycles. The maximum atomic E-state index is 12.8. The van der Waals surface area contributed by atoms with E-state index in [1.807, 2.05) is 12.1 Å². The first-order chi connectivity index (χ1) is 13.0. The number of rotatable bonds is 4. The Labute approximate surface area is 163 Å². The zero-order valence-electron chi connectivity index (χ0n) is 15.4. The van der Waals surface area contributed by atoms with Crippen LogP contribution in [-0.2, 0) is 20.9 Å². The van der Waals surface area contributed by atoms with Crippen molar-refractivity contribution in [3.8, 4) is 0 Å². The highest BCUT2D eigenvalue weighted by Crippen LogP contribution is 2.23. The van der Waals surface area contributed by atoms with Crippen LogP contribution in [-0.4, -0.2) is 71.9 Å². The molecule has 146 valence electrons. The average Bonchev–Trinajstić information content (AvgIpc) is 3.04. The molecule has 2 aliphatic heterocycles. The van der Waals surface area contributed by atoms with Gasteiger partial charge >= 0.3 is 6.09 Å². The molecule has 2 saturated heterocycles. The number of likely N-dealkylation sites (tertiary alicyclic amines) is 1. The van der Waals surface area contributed by atoms with E-state index < -0.39 is 0 Å². The van der Waals surface area contributed by atoms with Gasteiger partial charge in [-0.25, -0.2) is 4.79 Å². The molecule has 1 unspecified atom stereocenters. The van der Waals surface area contributed by atoms with Crippen molar-refractivity contribution in [1.82, 2.24) is 14.7 Å². The average molecular weight is 394 g/mol. The van der Waals surface area contributed by atoms with Crippen LogP contribution in [0, 0.1) is 5.92 Å². The molecule has 1 atom stereocenters. The molecule has 1 aromatic carbocycles. The number of hydrogen-bond acceptors (Lipinski definition) is 4. The van der Waals surface area contributed by atoms with Gasteiger partial charge < -0.3 is 19.4 Å². The van der Waals surface area contributed by atoms with Crippen molar-refractivity contribution in [2.45, 2.75) is 19.9 Å². The van der Waals surface area contributed by atoms with E-state index in [1.165, 1.54) is 0 Å². The summed E-state index contributed by atoms with van der Waals surface area (Å²) in [4.78, 5) is 41.9. The third-order valence-corrected chi connectivity index (χ3v) is 5.22. The van der Waals surface area contributed by atoms with Crippen molar-refractivity contribution in [2.24, 2.45) is 5.92 Å². The standard InChI is InChI=1S/C19H24ClN3O4/c1-2-27-19(26)22-9-7-21(8-10-22)18(25)15-11-17(24)23(13-15)12-14-3-5-16(20)6-4-14/h3-6,15H,2,7-13H2,1H3. The number of amides is 3. The normalized spacial score (nSPS) is 20.1. The van der Waals surface area contributed by atoms with E-state index in [2.05, 4.69) is 0 Å². The molecule has 8 heteroatoms. The van der Waals surface area contributed by atoms with Gasteiger partial charge in [-0.1, -0.05) is 23.7 Å². The number of ether oxygens (including phenoxy) is 1. The topological polar surface area (TPSA) is 70.2 Å². The van der Waals surface area contributed by atoms with Gasteiger partial charge in [0.15, 0.2) is 0 Å². The van der Waals surface area contributed by atoms with Crippen LogP contribution in [0.15, 0.2) is 24.3 Å². The molecule has 3 amide bonds. The SMILES string of the molecule is CCOC(=O)N1CCN(C(=O)C2CC(=O)N(Cc3ccc(Cl)cc3)C2)CC1. The summed E-state index contributed by atoms with van der Waals surface area (Å²) in [5, 5.41) is 0.654. The number of piperazine rings is 1. The number of carbonyl (C=O) groups excluding carboxylic acids is 3. The van der Waals surface area contributed by atoms with E-state index in [0.717, 1.165) is 5.56 Å². The van der Waals surface area contributed by atoms with Crippen molar-refractivity contribution in [1.29, 1.82) is 0 Å². The third kappa shape index (κ3) is 4.71. The molecule has 3 rings (SSSR count).